The maximum absolute atomic E-state index is 13.3. The van der Waals surface area contributed by atoms with Gasteiger partial charge in [0, 0.05) is 12.2 Å². The molecule has 0 saturated heterocycles. The average molecular weight is 261 g/mol. The van der Waals surface area contributed by atoms with Crippen molar-refractivity contribution in [3.05, 3.63) is 24.0 Å². The first-order valence-electron chi connectivity index (χ1n) is 5.13. The summed E-state index contributed by atoms with van der Waals surface area (Å²) in [7, 11) is -3.48. The molecule has 0 aromatic heterocycles. The fourth-order valence-electron chi connectivity index (χ4n) is 1.25. The molecule has 96 valence electrons. The Labute approximate surface area is 100 Å². The molecular weight excluding hydrogens is 245 g/mol. The highest BCUT2D eigenvalue weighted by Gasteiger charge is 2.08. The smallest absolute Gasteiger partial charge is 0.229 e. The zero-order valence-electron chi connectivity index (χ0n) is 9.53. The summed E-state index contributed by atoms with van der Waals surface area (Å²) in [6, 6.07) is 4.16. The number of halogens is 1. The van der Waals surface area contributed by atoms with Gasteiger partial charge in [-0.1, -0.05) is 0 Å². The lowest BCUT2D eigenvalue weighted by Gasteiger charge is -2.09. The number of rotatable bonds is 6. The second-order valence-electron chi connectivity index (χ2n) is 3.64. The molecule has 0 heterocycles. The van der Waals surface area contributed by atoms with Gasteiger partial charge in [-0.2, -0.15) is 0 Å². The molecule has 7 heteroatoms. The highest BCUT2D eigenvalue weighted by Crippen LogP contribution is 2.20. The molecule has 0 saturated carbocycles. The van der Waals surface area contributed by atoms with Crippen LogP contribution in [-0.4, -0.2) is 27.8 Å². The van der Waals surface area contributed by atoms with Gasteiger partial charge in [-0.25, -0.2) is 12.8 Å². The molecule has 0 aliphatic rings. The summed E-state index contributed by atoms with van der Waals surface area (Å²) in [5.74, 6) is -0.611. The molecule has 1 rings (SSSR count). The lowest BCUT2D eigenvalue weighted by molar-refractivity contribution is 0.604. The molecule has 1 aromatic carbocycles. The Bertz CT molecular complexity index is 476. The summed E-state index contributed by atoms with van der Waals surface area (Å²) in [6.45, 7) is 1.21. The van der Waals surface area contributed by atoms with Crippen LogP contribution in [0.4, 0.5) is 15.8 Å². The number of benzene rings is 1. The summed E-state index contributed by atoms with van der Waals surface area (Å²) < 4.78 is 37.4. The minimum Gasteiger partial charge on any atom is -0.385 e. The minimum absolute atomic E-state index is 0.0646. The van der Waals surface area contributed by atoms with Crippen LogP contribution in [-0.2, 0) is 10.0 Å². The Morgan fingerprint density at radius 2 is 2.12 bits per heavy atom. The molecule has 0 fully saturated rings. The number of nitrogens with two attached hydrogens (primary N) is 1. The first kappa shape index (κ1) is 13.7. The van der Waals surface area contributed by atoms with Crippen molar-refractivity contribution in [1.29, 1.82) is 0 Å². The van der Waals surface area contributed by atoms with Gasteiger partial charge in [0.05, 0.1) is 11.9 Å². The van der Waals surface area contributed by atoms with Crippen molar-refractivity contribution in [2.45, 2.75) is 6.42 Å². The van der Waals surface area contributed by atoms with Crippen molar-refractivity contribution in [2.24, 2.45) is 5.73 Å². The van der Waals surface area contributed by atoms with Crippen LogP contribution in [0.15, 0.2) is 18.2 Å². The van der Waals surface area contributed by atoms with Crippen LogP contribution in [0.3, 0.4) is 0 Å². The summed E-state index contributed by atoms with van der Waals surface area (Å²) in [6.07, 6.45) is 1.76. The van der Waals surface area contributed by atoms with Crippen LogP contribution in [0.5, 0.6) is 0 Å². The van der Waals surface area contributed by atoms with Gasteiger partial charge in [0.2, 0.25) is 10.0 Å². The van der Waals surface area contributed by atoms with Crippen molar-refractivity contribution < 1.29 is 12.8 Å². The van der Waals surface area contributed by atoms with Crippen LogP contribution in [0.1, 0.15) is 6.42 Å². The van der Waals surface area contributed by atoms with Gasteiger partial charge in [0.25, 0.3) is 0 Å². The molecule has 0 bridgehead atoms. The Morgan fingerprint density at radius 3 is 2.71 bits per heavy atom. The Kier molecular flexibility index (Phi) is 4.71. The molecule has 5 nitrogen and oxygen atoms in total. The fourth-order valence-corrected chi connectivity index (χ4v) is 1.80. The standard InChI is InChI=1S/C10H16FN3O2S/c1-17(15,16)14-10-7-8(3-4-9(10)11)13-6-2-5-12/h3-4,7,13-14H,2,5-6,12H2,1H3. The van der Waals surface area contributed by atoms with Gasteiger partial charge in [0.1, 0.15) is 5.82 Å². The lowest BCUT2D eigenvalue weighted by Crippen LogP contribution is -2.12. The molecule has 0 radical (unpaired) electrons. The largest absolute Gasteiger partial charge is 0.385 e. The molecule has 1 aromatic rings. The van der Waals surface area contributed by atoms with E-state index < -0.39 is 15.8 Å². The van der Waals surface area contributed by atoms with Crippen LogP contribution < -0.4 is 15.8 Å². The van der Waals surface area contributed by atoms with E-state index >= 15 is 0 Å². The molecule has 0 atom stereocenters. The second-order valence-corrected chi connectivity index (χ2v) is 5.39. The molecule has 0 unspecified atom stereocenters. The van der Waals surface area contributed by atoms with E-state index in [9.17, 15) is 12.8 Å². The van der Waals surface area contributed by atoms with E-state index in [1.54, 1.807) is 6.07 Å². The lowest BCUT2D eigenvalue weighted by atomic mass is 10.2. The average Bonchev–Trinajstić information content (AvgIpc) is 2.21. The number of hydrogen-bond acceptors (Lipinski definition) is 4. The highest BCUT2D eigenvalue weighted by atomic mass is 32.2. The van der Waals surface area contributed by atoms with Gasteiger partial charge in [0.15, 0.2) is 0 Å². The second kappa shape index (κ2) is 5.83. The molecular formula is C10H16FN3O2S. The zero-order chi connectivity index (χ0) is 12.9. The van der Waals surface area contributed by atoms with E-state index in [4.69, 9.17) is 5.73 Å². The molecule has 0 amide bonds. The maximum Gasteiger partial charge on any atom is 0.229 e. The van der Waals surface area contributed by atoms with Crippen LogP contribution >= 0.6 is 0 Å². The monoisotopic (exact) mass is 261 g/mol. The molecule has 17 heavy (non-hydrogen) atoms. The number of sulfonamides is 1. The molecule has 4 N–H and O–H groups in total. The number of anilines is 2. The van der Waals surface area contributed by atoms with E-state index in [1.807, 2.05) is 0 Å². The molecule has 0 aliphatic carbocycles. The zero-order valence-corrected chi connectivity index (χ0v) is 10.3. The van der Waals surface area contributed by atoms with Crippen molar-refractivity contribution in [3.8, 4) is 0 Å². The van der Waals surface area contributed by atoms with Crippen molar-refractivity contribution >= 4 is 21.4 Å². The van der Waals surface area contributed by atoms with E-state index in [0.717, 1.165) is 12.7 Å². The SMILES string of the molecule is CS(=O)(=O)Nc1cc(NCCCN)ccc1F. The topological polar surface area (TPSA) is 84.2 Å². The van der Waals surface area contributed by atoms with Gasteiger partial charge in [-0.05, 0) is 31.2 Å². The van der Waals surface area contributed by atoms with Crippen molar-refractivity contribution in [2.75, 3.05) is 29.4 Å². The molecule has 0 spiro atoms. The predicted molar refractivity (Wildman–Crippen MR) is 67.0 cm³/mol. The van der Waals surface area contributed by atoms with Crippen molar-refractivity contribution in [1.82, 2.24) is 0 Å². The van der Waals surface area contributed by atoms with E-state index in [0.29, 0.717) is 18.8 Å². The van der Waals surface area contributed by atoms with Gasteiger partial charge in [-0.15, -0.1) is 0 Å². The van der Waals surface area contributed by atoms with E-state index in [2.05, 4.69) is 10.0 Å². The maximum atomic E-state index is 13.3. The summed E-state index contributed by atoms with van der Waals surface area (Å²) in [5.41, 5.74) is 5.92. The van der Waals surface area contributed by atoms with E-state index in [1.165, 1.54) is 12.1 Å². The van der Waals surface area contributed by atoms with Crippen LogP contribution in [0.2, 0.25) is 0 Å². The van der Waals surface area contributed by atoms with Crippen molar-refractivity contribution in [3.63, 3.8) is 0 Å². The first-order chi connectivity index (χ1) is 7.92. The Morgan fingerprint density at radius 1 is 1.41 bits per heavy atom. The normalized spacial score (nSPS) is 11.2. The van der Waals surface area contributed by atoms with E-state index in [-0.39, 0.29) is 5.69 Å². The van der Waals surface area contributed by atoms with Gasteiger partial charge in [-0.3, -0.25) is 4.72 Å². The minimum atomic E-state index is -3.48. The Hall–Kier alpha value is -1.34. The number of hydrogen-bond donors (Lipinski definition) is 3. The first-order valence-corrected chi connectivity index (χ1v) is 7.03. The summed E-state index contributed by atoms with van der Waals surface area (Å²) >= 11 is 0. The summed E-state index contributed by atoms with van der Waals surface area (Å²) in [5, 5.41) is 3.02. The van der Waals surface area contributed by atoms with Crippen LogP contribution in [0, 0.1) is 5.82 Å². The summed E-state index contributed by atoms with van der Waals surface area (Å²) in [4.78, 5) is 0. The number of nitrogens with one attached hydrogen (secondary N) is 2. The fraction of sp³-hybridized carbons (Fsp3) is 0.400. The van der Waals surface area contributed by atoms with Gasteiger partial charge < -0.3 is 11.1 Å². The third kappa shape index (κ3) is 5.01. The Balaban J connectivity index is 2.79. The predicted octanol–water partition coefficient (Wildman–Crippen LogP) is 0.958. The molecule has 0 aliphatic heterocycles. The highest BCUT2D eigenvalue weighted by molar-refractivity contribution is 7.92. The third-order valence-corrected chi connectivity index (χ3v) is 2.56. The van der Waals surface area contributed by atoms with Crippen LogP contribution in [0.25, 0.3) is 0 Å². The van der Waals surface area contributed by atoms with Gasteiger partial charge >= 0.3 is 0 Å². The quantitative estimate of drug-likeness (QED) is 0.666. The third-order valence-electron chi connectivity index (χ3n) is 1.97.